The highest BCUT2D eigenvalue weighted by Gasteiger charge is 2.35. The monoisotopic (exact) mass is 443 g/mol. The van der Waals surface area contributed by atoms with Crippen molar-refractivity contribution < 1.29 is 4.79 Å². The highest BCUT2D eigenvalue weighted by molar-refractivity contribution is 5.95. The van der Waals surface area contributed by atoms with E-state index in [1.54, 1.807) is 18.5 Å². The second kappa shape index (κ2) is 8.81. The Hall–Kier alpha value is -4.08. The van der Waals surface area contributed by atoms with Gasteiger partial charge in [0.1, 0.15) is 17.8 Å². The van der Waals surface area contributed by atoms with Crippen molar-refractivity contribution in [3.8, 4) is 11.5 Å². The summed E-state index contributed by atoms with van der Waals surface area (Å²) in [6.07, 6.45) is 9.05. The van der Waals surface area contributed by atoms with Crippen LogP contribution in [0.5, 0.6) is 0 Å². The summed E-state index contributed by atoms with van der Waals surface area (Å²) < 4.78 is 3.86. The van der Waals surface area contributed by atoms with Crippen molar-refractivity contribution in [2.24, 2.45) is 20.0 Å². The topological polar surface area (TPSA) is 115 Å². The third-order valence-corrected chi connectivity index (χ3v) is 5.87. The van der Waals surface area contributed by atoms with Crippen LogP contribution in [-0.4, -0.2) is 40.2 Å². The summed E-state index contributed by atoms with van der Waals surface area (Å²) >= 11 is 0. The van der Waals surface area contributed by atoms with Crippen LogP contribution in [0, 0.1) is 5.92 Å². The van der Waals surface area contributed by atoms with Crippen molar-refractivity contribution in [1.29, 1.82) is 0 Å². The summed E-state index contributed by atoms with van der Waals surface area (Å²) in [6.45, 7) is 0.456. The Morgan fingerprint density at radius 1 is 1.15 bits per heavy atom. The van der Waals surface area contributed by atoms with Crippen LogP contribution in [0.3, 0.4) is 0 Å². The van der Waals surface area contributed by atoms with E-state index in [9.17, 15) is 4.79 Å². The maximum atomic E-state index is 13.0. The molecule has 1 aromatic carbocycles. The molecule has 1 atom stereocenters. The van der Waals surface area contributed by atoms with E-state index in [0.717, 1.165) is 30.2 Å². The molecule has 2 N–H and O–H groups in total. The Morgan fingerprint density at radius 2 is 2.03 bits per heavy atom. The molecule has 0 aliphatic heterocycles. The number of carbonyl (C=O) groups is 1. The van der Waals surface area contributed by atoms with Crippen molar-refractivity contribution in [1.82, 2.24) is 39.6 Å². The van der Waals surface area contributed by atoms with Crippen LogP contribution in [0.1, 0.15) is 40.9 Å². The SMILES string of the molecule is Cn1ccnc1C(NC(=O)c1cccc(NCc2nnc(-c3ccncn3)n2C)c1)C1CC1. The van der Waals surface area contributed by atoms with E-state index in [4.69, 9.17) is 0 Å². The summed E-state index contributed by atoms with van der Waals surface area (Å²) in [4.78, 5) is 25.6. The van der Waals surface area contributed by atoms with Crippen LogP contribution in [0.15, 0.2) is 55.2 Å². The highest BCUT2D eigenvalue weighted by Crippen LogP contribution is 2.40. The lowest BCUT2D eigenvalue weighted by atomic mass is 10.1. The number of nitrogens with one attached hydrogen (secondary N) is 2. The summed E-state index contributed by atoms with van der Waals surface area (Å²) in [5.41, 5.74) is 2.14. The van der Waals surface area contributed by atoms with Crippen LogP contribution in [-0.2, 0) is 20.6 Å². The third kappa shape index (κ3) is 4.45. The van der Waals surface area contributed by atoms with Crippen molar-refractivity contribution in [3.63, 3.8) is 0 Å². The quantitative estimate of drug-likeness (QED) is 0.430. The first kappa shape index (κ1) is 20.8. The molecule has 0 bridgehead atoms. The van der Waals surface area contributed by atoms with E-state index in [1.165, 1.54) is 6.33 Å². The number of imidazole rings is 1. The number of aromatic nitrogens is 7. The second-order valence-electron chi connectivity index (χ2n) is 8.21. The first-order chi connectivity index (χ1) is 16.1. The fourth-order valence-electron chi connectivity index (χ4n) is 3.84. The Kier molecular flexibility index (Phi) is 5.55. The zero-order chi connectivity index (χ0) is 22.8. The largest absolute Gasteiger partial charge is 0.378 e. The number of carbonyl (C=O) groups excluding carboxylic acids is 1. The molecule has 1 fully saturated rings. The molecular formula is C23H25N9O. The van der Waals surface area contributed by atoms with Crippen LogP contribution in [0.2, 0.25) is 0 Å². The van der Waals surface area contributed by atoms with Gasteiger partial charge in [0.05, 0.1) is 12.6 Å². The number of nitrogens with zero attached hydrogens (tertiary/aromatic N) is 7. The van der Waals surface area contributed by atoms with Crippen LogP contribution in [0.25, 0.3) is 11.5 Å². The van der Waals surface area contributed by atoms with Gasteiger partial charge in [0.15, 0.2) is 11.6 Å². The molecule has 0 spiro atoms. The van der Waals surface area contributed by atoms with Crippen molar-refractivity contribution in [2.45, 2.75) is 25.4 Å². The lowest BCUT2D eigenvalue weighted by Crippen LogP contribution is -2.31. The zero-order valence-electron chi connectivity index (χ0n) is 18.5. The zero-order valence-corrected chi connectivity index (χ0v) is 18.5. The van der Waals surface area contributed by atoms with Crippen molar-refractivity contribution in [3.05, 3.63) is 72.5 Å². The molecule has 33 heavy (non-hydrogen) atoms. The maximum Gasteiger partial charge on any atom is 0.251 e. The molecule has 0 radical (unpaired) electrons. The van der Waals surface area contributed by atoms with Gasteiger partial charge in [-0.1, -0.05) is 6.07 Å². The minimum Gasteiger partial charge on any atom is -0.378 e. The summed E-state index contributed by atoms with van der Waals surface area (Å²) in [7, 11) is 3.85. The van der Waals surface area contributed by atoms with Gasteiger partial charge in [-0.2, -0.15) is 0 Å². The predicted octanol–water partition coefficient (Wildman–Crippen LogP) is 2.50. The van der Waals surface area contributed by atoms with Gasteiger partial charge in [0, 0.05) is 43.9 Å². The first-order valence-corrected chi connectivity index (χ1v) is 10.9. The van der Waals surface area contributed by atoms with E-state index < -0.39 is 0 Å². The molecule has 168 valence electrons. The minimum absolute atomic E-state index is 0.0759. The van der Waals surface area contributed by atoms with E-state index in [1.807, 2.05) is 53.7 Å². The average Bonchev–Trinajstić information content (AvgIpc) is 3.50. The smallest absolute Gasteiger partial charge is 0.251 e. The molecule has 3 aromatic heterocycles. The molecular weight excluding hydrogens is 418 g/mol. The summed E-state index contributed by atoms with van der Waals surface area (Å²) in [6, 6.07) is 9.18. The molecule has 1 aliphatic carbocycles. The van der Waals surface area contributed by atoms with E-state index in [0.29, 0.717) is 29.5 Å². The van der Waals surface area contributed by atoms with Gasteiger partial charge < -0.3 is 19.8 Å². The molecule has 1 saturated carbocycles. The molecule has 1 amide bonds. The van der Waals surface area contributed by atoms with Crippen LogP contribution < -0.4 is 10.6 Å². The normalized spacial score (nSPS) is 14.1. The number of anilines is 1. The molecule has 10 nitrogen and oxygen atoms in total. The third-order valence-electron chi connectivity index (χ3n) is 5.87. The van der Waals surface area contributed by atoms with Gasteiger partial charge in [-0.05, 0) is 43.0 Å². The molecule has 4 aromatic rings. The number of rotatable bonds is 8. The van der Waals surface area contributed by atoms with Gasteiger partial charge in [-0.3, -0.25) is 4.79 Å². The molecule has 10 heteroatoms. The lowest BCUT2D eigenvalue weighted by Gasteiger charge is -2.18. The van der Waals surface area contributed by atoms with E-state index in [-0.39, 0.29) is 11.9 Å². The van der Waals surface area contributed by atoms with Crippen molar-refractivity contribution in [2.75, 3.05) is 5.32 Å². The number of benzene rings is 1. The Balaban J connectivity index is 1.27. The highest BCUT2D eigenvalue weighted by atomic mass is 16.1. The molecule has 0 saturated heterocycles. The number of amides is 1. The molecule has 5 rings (SSSR count). The van der Waals surface area contributed by atoms with E-state index in [2.05, 4.69) is 35.8 Å². The van der Waals surface area contributed by atoms with Gasteiger partial charge in [-0.25, -0.2) is 15.0 Å². The van der Waals surface area contributed by atoms with Crippen molar-refractivity contribution >= 4 is 11.6 Å². The number of aryl methyl sites for hydroxylation is 1. The standard InChI is InChI=1S/C23H25N9O/c1-31-11-10-25-22(31)20(15-6-7-15)28-23(33)16-4-3-5-17(12-16)26-13-19-29-30-21(32(19)2)18-8-9-24-14-27-18/h3-5,8-12,14-15,20,26H,6-7,13H2,1-2H3,(H,28,33). The Morgan fingerprint density at radius 3 is 2.76 bits per heavy atom. The van der Waals surface area contributed by atoms with Gasteiger partial charge in [-0.15, -0.1) is 10.2 Å². The summed E-state index contributed by atoms with van der Waals surface area (Å²) in [5, 5.41) is 15.0. The van der Waals surface area contributed by atoms with Crippen LogP contribution >= 0.6 is 0 Å². The fraction of sp³-hybridized carbons (Fsp3) is 0.304. The number of hydrogen-bond acceptors (Lipinski definition) is 7. The first-order valence-electron chi connectivity index (χ1n) is 10.9. The van der Waals surface area contributed by atoms with Gasteiger partial charge in [0.2, 0.25) is 0 Å². The van der Waals surface area contributed by atoms with E-state index >= 15 is 0 Å². The average molecular weight is 444 g/mol. The van der Waals surface area contributed by atoms with Crippen LogP contribution in [0.4, 0.5) is 5.69 Å². The van der Waals surface area contributed by atoms with Gasteiger partial charge in [0.25, 0.3) is 5.91 Å². The lowest BCUT2D eigenvalue weighted by molar-refractivity contribution is 0.0929. The second-order valence-corrected chi connectivity index (χ2v) is 8.21. The molecule has 3 heterocycles. The Labute approximate surface area is 191 Å². The predicted molar refractivity (Wildman–Crippen MR) is 122 cm³/mol. The van der Waals surface area contributed by atoms with Gasteiger partial charge >= 0.3 is 0 Å². The summed E-state index contributed by atoms with van der Waals surface area (Å²) in [5.74, 6) is 2.64. The fourth-order valence-corrected chi connectivity index (χ4v) is 3.84. The maximum absolute atomic E-state index is 13.0. The number of hydrogen-bond donors (Lipinski definition) is 2. The molecule has 1 unspecified atom stereocenters. The molecule has 1 aliphatic rings. The Bertz CT molecular complexity index is 1260. The minimum atomic E-state index is -0.108.